The van der Waals surface area contributed by atoms with Crippen LogP contribution in [0.15, 0.2) is 43.0 Å². The Morgan fingerprint density at radius 3 is 2.90 bits per heavy atom. The first-order chi connectivity index (χ1) is 14.2. The fourth-order valence-corrected chi connectivity index (χ4v) is 3.79. The van der Waals surface area contributed by atoms with Crippen LogP contribution in [0.3, 0.4) is 0 Å². The van der Waals surface area contributed by atoms with Gasteiger partial charge in [-0.3, -0.25) is 9.48 Å². The number of hydrogen-bond acceptors (Lipinski definition) is 5. The number of likely N-dealkylation sites (tertiary alicyclic amines) is 1. The van der Waals surface area contributed by atoms with Crippen LogP contribution in [0.2, 0.25) is 0 Å². The van der Waals surface area contributed by atoms with Gasteiger partial charge in [0, 0.05) is 37.6 Å². The maximum Gasteiger partial charge on any atom is 0.257 e. The number of imidazole rings is 1. The average molecular weight is 395 g/mol. The van der Waals surface area contributed by atoms with Gasteiger partial charge in [-0.25, -0.2) is 4.98 Å². The number of carbonyl (C=O) groups excluding carboxylic acids is 1. The first-order valence-electron chi connectivity index (χ1n) is 9.70. The number of amides is 1. The second kappa shape index (κ2) is 8.38. The number of nitrogens with one attached hydrogen (secondary N) is 1. The summed E-state index contributed by atoms with van der Waals surface area (Å²) in [5, 5.41) is 4.37. The Kier molecular flexibility index (Phi) is 5.50. The van der Waals surface area contributed by atoms with Crippen molar-refractivity contribution in [2.24, 2.45) is 0 Å². The zero-order valence-corrected chi connectivity index (χ0v) is 16.7. The van der Waals surface area contributed by atoms with Gasteiger partial charge in [0.2, 0.25) is 0 Å². The highest BCUT2D eigenvalue weighted by molar-refractivity contribution is 5.93. The summed E-state index contributed by atoms with van der Waals surface area (Å²) >= 11 is 0. The van der Waals surface area contributed by atoms with Crippen molar-refractivity contribution in [3.05, 3.63) is 59.9 Å². The third-order valence-corrected chi connectivity index (χ3v) is 5.29. The molecule has 3 aromatic rings. The summed E-state index contributed by atoms with van der Waals surface area (Å²) in [7, 11) is 3.22. The van der Waals surface area contributed by atoms with Gasteiger partial charge in [-0.1, -0.05) is 6.07 Å². The Labute approximate surface area is 169 Å². The number of aromatic nitrogens is 4. The van der Waals surface area contributed by atoms with E-state index in [2.05, 4.69) is 15.1 Å². The molecule has 1 aliphatic rings. The molecule has 0 bridgehead atoms. The van der Waals surface area contributed by atoms with E-state index in [1.165, 1.54) is 0 Å². The molecule has 0 saturated carbocycles. The lowest BCUT2D eigenvalue weighted by Crippen LogP contribution is -2.39. The van der Waals surface area contributed by atoms with Gasteiger partial charge in [-0.15, -0.1) is 0 Å². The van der Waals surface area contributed by atoms with Crippen LogP contribution >= 0.6 is 0 Å². The molecule has 1 aromatic carbocycles. The van der Waals surface area contributed by atoms with Crippen molar-refractivity contribution in [2.45, 2.75) is 25.3 Å². The Hall–Kier alpha value is -3.29. The molecule has 1 unspecified atom stereocenters. The monoisotopic (exact) mass is 395 g/mol. The van der Waals surface area contributed by atoms with Crippen LogP contribution in [-0.2, 0) is 6.54 Å². The summed E-state index contributed by atoms with van der Waals surface area (Å²) in [5.41, 5.74) is 1.62. The number of piperidine rings is 1. The Bertz CT molecular complexity index is 967. The molecule has 1 fully saturated rings. The van der Waals surface area contributed by atoms with Gasteiger partial charge in [-0.05, 0) is 30.5 Å². The van der Waals surface area contributed by atoms with Gasteiger partial charge in [0.15, 0.2) is 11.5 Å². The summed E-state index contributed by atoms with van der Waals surface area (Å²) in [6.07, 6.45) is 9.03. The van der Waals surface area contributed by atoms with E-state index >= 15 is 0 Å². The number of ether oxygens (including phenoxy) is 2. The molecular weight excluding hydrogens is 370 g/mol. The van der Waals surface area contributed by atoms with Crippen molar-refractivity contribution in [2.75, 3.05) is 27.3 Å². The third-order valence-electron chi connectivity index (χ3n) is 5.29. The Balaban J connectivity index is 1.44. The van der Waals surface area contributed by atoms with E-state index < -0.39 is 0 Å². The minimum Gasteiger partial charge on any atom is -0.493 e. The SMILES string of the molecule is COc1ccc(Cn2cc(C(=O)N3CCCC(c4ncc[nH]4)C3)cn2)cc1OC. The minimum absolute atomic E-state index is 0.0137. The van der Waals surface area contributed by atoms with E-state index in [-0.39, 0.29) is 11.8 Å². The van der Waals surface area contributed by atoms with E-state index in [9.17, 15) is 4.79 Å². The van der Waals surface area contributed by atoms with Crippen molar-refractivity contribution in [1.82, 2.24) is 24.6 Å². The van der Waals surface area contributed by atoms with Gasteiger partial charge < -0.3 is 19.4 Å². The first-order valence-corrected chi connectivity index (χ1v) is 9.70. The van der Waals surface area contributed by atoms with Crippen LogP contribution in [0.1, 0.15) is 40.5 Å². The van der Waals surface area contributed by atoms with E-state index in [0.717, 1.165) is 30.8 Å². The Morgan fingerprint density at radius 2 is 2.14 bits per heavy atom. The molecule has 0 radical (unpaired) electrons. The predicted octanol–water partition coefficient (Wildman–Crippen LogP) is 2.69. The van der Waals surface area contributed by atoms with Crippen LogP contribution in [0.4, 0.5) is 0 Å². The number of rotatable bonds is 6. The van der Waals surface area contributed by atoms with Crippen LogP contribution in [0.25, 0.3) is 0 Å². The fraction of sp³-hybridized carbons (Fsp3) is 0.381. The van der Waals surface area contributed by atoms with Crippen LogP contribution in [0, 0.1) is 0 Å². The molecule has 8 heteroatoms. The molecule has 0 spiro atoms. The number of methoxy groups -OCH3 is 2. The van der Waals surface area contributed by atoms with E-state index in [1.807, 2.05) is 29.3 Å². The van der Waals surface area contributed by atoms with Crippen molar-refractivity contribution in [3.8, 4) is 11.5 Å². The second-order valence-electron chi connectivity index (χ2n) is 7.18. The average Bonchev–Trinajstić information content (AvgIpc) is 3.46. The largest absolute Gasteiger partial charge is 0.493 e. The molecule has 2 aromatic heterocycles. The van der Waals surface area contributed by atoms with E-state index in [0.29, 0.717) is 30.2 Å². The third kappa shape index (κ3) is 4.11. The summed E-state index contributed by atoms with van der Waals surface area (Å²) in [6.45, 7) is 1.98. The summed E-state index contributed by atoms with van der Waals surface area (Å²) in [4.78, 5) is 22.4. The maximum absolute atomic E-state index is 13.0. The molecule has 1 amide bonds. The minimum atomic E-state index is 0.0137. The number of carbonyl (C=O) groups is 1. The summed E-state index contributed by atoms with van der Waals surface area (Å²) in [5.74, 6) is 2.57. The first kappa shape index (κ1) is 19.0. The zero-order valence-electron chi connectivity index (χ0n) is 16.7. The number of hydrogen-bond donors (Lipinski definition) is 1. The maximum atomic E-state index is 13.0. The zero-order chi connectivity index (χ0) is 20.2. The molecule has 29 heavy (non-hydrogen) atoms. The van der Waals surface area contributed by atoms with Crippen molar-refractivity contribution >= 4 is 5.91 Å². The number of nitrogens with zero attached hydrogens (tertiary/aromatic N) is 4. The van der Waals surface area contributed by atoms with Crippen LogP contribution in [0.5, 0.6) is 11.5 Å². The van der Waals surface area contributed by atoms with Gasteiger partial charge in [-0.2, -0.15) is 5.10 Å². The normalized spacial score (nSPS) is 16.6. The summed E-state index contributed by atoms with van der Waals surface area (Å²) < 4.78 is 12.4. The van der Waals surface area contributed by atoms with Crippen LogP contribution in [-0.4, -0.2) is 57.9 Å². The molecule has 3 heterocycles. The lowest BCUT2D eigenvalue weighted by molar-refractivity contribution is 0.0704. The Morgan fingerprint density at radius 1 is 1.28 bits per heavy atom. The molecule has 152 valence electrons. The standard InChI is InChI=1S/C21H25N5O3/c1-28-18-6-5-15(10-19(18)29-2)12-26-14-17(11-24-26)21(27)25-9-3-4-16(13-25)20-22-7-8-23-20/h5-8,10-11,14,16H,3-4,9,12-13H2,1-2H3,(H,22,23). The topological polar surface area (TPSA) is 85.3 Å². The lowest BCUT2D eigenvalue weighted by atomic mass is 9.97. The van der Waals surface area contributed by atoms with Crippen molar-refractivity contribution < 1.29 is 14.3 Å². The lowest BCUT2D eigenvalue weighted by Gasteiger charge is -2.31. The van der Waals surface area contributed by atoms with Gasteiger partial charge in [0.1, 0.15) is 5.82 Å². The molecule has 4 rings (SSSR count). The fourth-order valence-electron chi connectivity index (χ4n) is 3.79. The molecule has 8 nitrogen and oxygen atoms in total. The highest BCUT2D eigenvalue weighted by Gasteiger charge is 2.27. The van der Waals surface area contributed by atoms with Crippen molar-refractivity contribution in [3.63, 3.8) is 0 Å². The predicted molar refractivity (Wildman–Crippen MR) is 107 cm³/mol. The number of aromatic amines is 1. The smallest absolute Gasteiger partial charge is 0.257 e. The van der Waals surface area contributed by atoms with E-state index in [4.69, 9.17) is 9.47 Å². The highest BCUT2D eigenvalue weighted by Crippen LogP contribution is 2.28. The second-order valence-corrected chi connectivity index (χ2v) is 7.18. The van der Waals surface area contributed by atoms with E-state index in [1.54, 1.807) is 37.5 Å². The molecule has 1 saturated heterocycles. The molecule has 1 aliphatic heterocycles. The van der Waals surface area contributed by atoms with Crippen molar-refractivity contribution in [1.29, 1.82) is 0 Å². The molecule has 1 N–H and O–H groups in total. The van der Waals surface area contributed by atoms with Gasteiger partial charge in [0.25, 0.3) is 5.91 Å². The summed E-state index contributed by atoms with van der Waals surface area (Å²) in [6, 6.07) is 5.75. The van der Waals surface area contributed by atoms with Gasteiger partial charge in [0.05, 0.1) is 32.5 Å². The number of H-pyrrole nitrogens is 1. The number of benzene rings is 1. The molecule has 0 aliphatic carbocycles. The quantitative estimate of drug-likeness (QED) is 0.694. The highest BCUT2D eigenvalue weighted by atomic mass is 16.5. The molecule has 1 atom stereocenters. The molecular formula is C21H25N5O3. The van der Waals surface area contributed by atoms with Crippen LogP contribution < -0.4 is 9.47 Å². The van der Waals surface area contributed by atoms with Gasteiger partial charge >= 0.3 is 0 Å².